The Morgan fingerprint density at radius 3 is 2.44 bits per heavy atom. The minimum atomic E-state index is -0.218. The monoisotopic (exact) mass is 343 g/mol. The molecule has 0 spiro atoms. The van der Waals surface area contributed by atoms with Gasteiger partial charge in [-0.1, -0.05) is 0 Å². The fourth-order valence-electron chi connectivity index (χ4n) is 3.39. The van der Waals surface area contributed by atoms with Gasteiger partial charge in [-0.3, -0.25) is 0 Å². The van der Waals surface area contributed by atoms with Crippen LogP contribution in [0.4, 0.5) is 10.2 Å². The summed E-state index contributed by atoms with van der Waals surface area (Å²) >= 11 is 0. The molecule has 1 aliphatic carbocycles. The molecule has 1 N–H and O–H groups in total. The van der Waals surface area contributed by atoms with Crippen LogP contribution in [0.3, 0.4) is 0 Å². The summed E-state index contributed by atoms with van der Waals surface area (Å²) in [5, 5.41) is 8.43. The number of benzene rings is 1. The molecular formula is C19H26FN5. The Morgan fingerprint density at radius 2 is 1.80 bits per heavy atom. The molecule has 134 valence electrons. The normalized spacial score (nSPS) is 18.8. The first-order chi connectivity index (χ1) is 12.1. The maximum absolute atomic E-state index is 13.3. The quantitative estimate of drug-likeness (QED) is 0.904. The van der Waals surface area contributed by atoms with E-state index in [2.05, 4.69) is 29.1 Å². The standard InChI is InChI=1S/C19H26FN5/c1-14-18(13-21-16-5-6-16)19(24-11-9-23(2)10-12-24)25(22-14)17-7-3-15(20)4-8-17/h3-4,7-8,16,21H,5-6,9-13H2,1-2H3. The molecule has 1 saturated carbocycles. The SMILES string of the molecule is Cc1nn(-c2ccc(F)cc2)c(N2CCN(C)CC2)c1CNC1CC1. The molecule has 1 aromatic heterocycles. The van der Waals surface area contributed by atoms with E-state index in [1.54, 1.807) is 12.1 Å². The van der Waals surface area contributed by atoms with Crippen LogP contribution in [0.15, 0.2) is 24.3 Å². The van der Waals surface area contributed by atoms with E-state index in [-0.39, 0.29) is 5.82 Å². The van der Waals surface area contributed by atoms with E-state index in [1.165, 1.54) is 30.5 Å². The molecular weight excluding hydrogens is 317 g/mol. The van der Waals surface area contributed by atoms with Crippen LogP contribution in [-0.2, 0) is 6.54 Å². The lowest BCUT2D eigenvalue weighted by Crippen LogP contribution is -2.45. The predicted molar refractivity (Wildman–Crippen MR) is 97.8 cm³/mol. The molecule has 2 aromatic rings. The van der Waals surface area contributed by atoms with Crippen molar-refractivity contribution in [2.24, 2.45) is 0 Å². The molecule has 2 heterocycles. The van der Waals surface area contributed by atoms with Crippen molar-refractivity contribution in [2.45, 2.75) is 32.4 Å². The lowest BCUT2D eigenvalue weighted by Gasteiger charge is -2.34. The van der Waals surface area contributed by atoms with Gasteiger partial charge in [-0.05, 0) is 51.1 Å². The number of anilines is 1. The second-order valence-corrected chi connectivity index (χ2v) is 7.22. The third-order valence-electron chi connectivity index (χ3n) is 5.18. The summed E-state index contributed by atoms with van der Waals surface area (Å²) in [6.07, 6.45) is 2.55. The summed E-state index contributed by atoms with van der Waals surface area (Å²) in [7, 11) is 2.16. The molecule has 2 fully saturated rings. The van der Waals surface area contributed by atoms with Crippen molar-refractivity contribution in [3.8, 4) is 5.69 Å². The number of aromatic nitrogens is 2. The number of nitrogens with one attached hydrogen (secondary N) is 1. The van der Waals surface area contributed by atoms with Gasteiger partial charge in [-0.2, -0.15) is 5.10 Å². The van der Waals surface area contributed by atoms with Crippen LogP contribution in [-0.4, -0.2) is 53.9 Å². The highest BCUT2D eigenvalue weighted by molar-refractivity contribution is 5.55. The van der Waals surface area contributed by atoms with Gasteiger partial charge in [-0.25, -0.2) is 9.07 Å². The summed E-state index contributed by atoms with van der Waals surface area (Å²) in [5.41, 5.74) is 3.23. The lowest BCUT2D eigenvalue weighted by molar-refractivity contribution is 0.311. The molecule has 0 amide bonds. The molecule has 5 nitrogen and oxygen atoms in total. The van der Waals surface area contributed by atoms with Crippen molar-refractivity contribution in [1.82, 2.24) is 20.0 Å². The molecule has 25 heavy (non-hydrogen) atoms. The van der Waals surface area contributed by atoms with Crippen molar-refractivity contribution >= 4 is 5.82 Å². The van der Waals surface area contributed by atoms with Crippen molar-refractivity contribution in [2.75, 3.05) is 38.1 Å². The predicted octanol–water partition coefficient (Wildman–Crippen LogP) is 2.32. The maximum Gasteiger partial charge on any atom is 0.137 e. The highest BCUT2D eigenvalue weighted by Crippen LogP contribution is 2.29. The second-order valence-electron chi connectivity index (χ2n) is 7.22. The van der Waals surface area contributed by atoms with E-state index in [9.17, 15) is 4.39 Å². The van der Waals surface area contributed by atoms with Gasteiger partial charge in [0.2, 0.25) is 0 Å². The number of hydrogen-bond donors (Lipinski definition) is 1. The number of halogens is 1. The van der Waals surface area contributed by atoms with Gasteiger partial charge in [-0.15, -0.1) is 0 Å². The summed E-state index contributed by atoms with van der Waals surface area (Å²) in [6.45, 7) is 6.98. The van der Waals surface area contributed by atoms with Crippen LogP contribution in [0.5, 0.6) is 0 Å². The number of nitrogens with zero attached hydrogens (tertiary/aromatic N) is 4. The number of likely N-dealkylation sites (N-methyl/N-ethyl adjacent to an activating group) is 1. The molecule has 1 aromatic carbocycles. The summed E-state index contributed by atoms with van der Waals surface area (Å²) < 4.78 is 15.3. The number of aryl methyl sites for hydroxylation is 1. The van der Waals surface area contributed by atoms with Gasteiger partial charge in [0.25, 0.3) is 0 Å². The first kappa shape index (κ1) is 16.5. The van der Waals surface area contributed by atoms with E-state index in [4.69, 9.17) is 5.10 Å². The Labute approximate surface area is 148 Å². The van der Waals surface area contributed by atoms with Gasteiger partial charge in [0.1, 0.15) is 11.6 Å². The average molecular weight is 343 g/mol. The Hall–Kier alpha value is -1.92. The maximum atomic E-state index is 13.3. The number of rotatable bonds is 5. The van der Waals surface area contributed by atoms with Gasteiger partial charge in [0.05, 0.1) is 11.4 Å². The van der Waals surface area contributed by atoms with Crippen LogP contribution in [0.2, 0.25) is 0 Å². The van der Waals surface area contributed by atoms with Gasteiger partial charge in [0, 0.05) is 44.3 Å². The molecule has 6 heteroatoms. The van der Waals surface area contributed by atoms with E-state index in [0.717, 1.165) is 49.9 Å². The Kier molecular flexibility index (Phi) is 4.48. The van der Waals surface area contributed by atoms with E-state index in [0.29, 0.717) is 6.04 Å². The largest absolute Gasteiger partial charge is 0.354 e. The number of piperazine rings is 1. The number of hydrogen-bond acceptors (Lipinski definition) is 4. The minimum absolute atomic E-state index is 0.218. The van der Waals surface area contributed by atoms with Gasteiger partial charge in [0.15, 0.2) is 0 Å². The van der Waals surface area contributed by atoms with Crippen molar-refractivity contribution in [3.63, 3.8) is 0 Å². The van der Waals surface area contributed by atoms with Crippen LogP contribution < -0.4 is 10.2 Å². The van der Waals surface area contributed by atoms with E-state index >= 15 is 0 Å². The zero-order valence-corrected chi connectivity index (χ0v) is 15.0. The van der Waals surface area contributed by atoms with Crippen molar-refractivity contribution in [3.05, 3.63) is 41.3 Å². The van der Waals surface area contributed by atoms with Crippen molar-refractivity contribution in [1.29, 1.82) is 0 Å². The lowest BCUT2D eigenvalue weighted by atomic mass is 10.2. The third kappa shape index (κ3) is 3.55. The van der Waals surface area contributed by atoms with Crippen LogP contribution in [0.1, 0.15) is 24.1 Å². The first-order valence-corrected chi connectivity index (χ1v) is 9.13. The highest BCUT2D eigenvalue weighted by Gasteiger charge is 2.26. The molecule has 0 bridgehead atoms. The molecule has 0 radical (unpaired) electrons. The summed E-state index contributed by atoms with van der Waals surface area (Å²) in [4.78, 5) is 4.78. The molecule has 4 rings (SSSR count). The topological polar surface area (TPSA) is 36.3 Å². The zero-order valence-electron chi connectivity index (χ0n) is 15.0. The molecule has 2 aliphatic rings. The van der Waals surface area contributed by atoms with Crippen LogP contribution >= 0.6 is 0 Å². The van der Waals surface area contributed by atoms with Gasteiger partial charge >= 0.3 is 0 Å². The molecule has 1 saturated heterocycles. The van der Waals surface area contributed by atoms with E-state index < -0.39 is 0 Å². The van der Waals surface area contributed by atoms with E-state index in [1.807, 2.05) is 4.68 Å². The van der Waals surface area contributed by atoms with Gasteiger partial charge < -0.3 is 15.1 Å². The first-order valence-electron chi connectivity index (χ1n) is 9.13. The molecule has 0 atom stereocenters. The third-order valence-corrected chi connectivity index (χ3v) is 5.18. The highest BCUT2D eigenvalue weighted by atomic mass is 19.1. The minimum Gasteiger partial charge on any atom is -0.354 e. The Balaban J connectivity index is 1.71. The molecule has 0 unspecified atom stereocenters. The zero-order chi connectivity index (χ0) is 17.4. The summed E-state index contributed by atoms with van der Waals surface area (Å²) in [5.74, 6) is 0.940. The second kappa shape index (κ2) is 6.77. The summed E-state index contributed by atoms with van der Waals surface area (Å²) in [6, 6.07) is 7.28. The Bertz CT molecular complexity index is 727. The smallest absolute Gasteiger partial charge is 0.137 e. The Morgan fingerprint density at radius 1 is 1.12 bits per heavy atom. The molecule has 1 aliphatic heterocycles. The average Bonchev–Trinajstić information content (AvgIpc) is 3.38. The fraction of sp³-hybridized carbons (Fsp3) is 0.526. The van der Waals surface area contributed by atoms with Crippen molar-refractivity contribution < 1.29 is 4.39 Å². The fourth-order valence-corrected chi connectivity index (χ4v) is 3.39. The van der Waals surface area contributed by atoms with Crippen LogP contribution in [0, 0.1) is 12.7 Å². The van der Waals surface area contributed by atoms with Crippen LogP contribution in [0.25, 0.3) is 5.69 Å².